The summed E-state index contributed by atoms with van der Waals surface area (Å²) in [6, 6.07) is 12.2. The molecule has 1 N–H and O–H groups in total. The van der Waals surface area contributed by atoms with E-state index in [9.17, 15) is 9.59 Å². The number of hydrogen-bond acceptors (Lipinski definition) is 6. The van der Waals surface area contributed by atoms with Gasteiger partial charge in [0.15, 0.2) is 5.17 Å². The summed E-state index contributed by atoms with van der Waals surface area (Å²) in [5, 5.41) is 9.62. The number of carbonyl (C=O) groups is 2. The van der Waals surface area contributed by atoms with Crippen molar-refractivity contribution in [2.75, 3.05) is 31.6 Å². The molecule has 1 heterocycles. The second-order valence-electron chi connectivity index (χ2n) is 7.01. The van der Waals surface area contributed by atoms with Crippen LogP contribution in [0.5, 0.6) is 5.75 Å². The molecule has 32 heavy (non-hydrogen) atoms. The lowest BCUT2D eigenvalue weighted by Crippen LogP contribution is -2.28. The fourth-order valence-corrected chi connectivity index (χ4v) is 4.46. The van der Waals surface area contributed by atoms with E-state index in [2.05, 4.69) is 23.7 Å². The molecule has 0 unspecified atom stereocenters. The summed E-state index contributed by atoms with van der Waals surface area (Å²) < 4.78 is 5.59. The number of hydrogen-bond donors (Lipinski definition) is 1. The van der Waals surface area contributed by atoms with Crippen LogP contribution in [0.4, 0.5) is 11.4 Å². The third-order valence-corrected chi connectivity index (χ3v) is 6.18. The predicted molar refractivity (Wildman–Crippen MR) is 130 cm³/mol. The molecule has 8 heteroatoms. The molecule has 7 nitrogen and oxygen atoms in total. The summed E-state index contributed by atoms with van der Waals surface area (Å²) in [5.41, 5.74) is 2.67. The molecule has 1 aliphatic rings. The van der Waals surface area contributed by atoms with E-state index in [1.54, 1.807) is 24.1 Å². The maximum absolute atomic E-state index is 13.0. The van der Waals surface area contributed by atoms with Gasteiger partial charge in [-0.2, -0.15) is 0 Å². The average molecular weight is 454 g/mol. The standard InChI is InChI=1S/C24H27N3O4S/c1-5-26(6-2)19-13-10-17(20(15-19)31-4)14-21-22(28)27(7-3)24(32-21)25-18-11-8-16(9-12-18)23(29)30/h8-15H,5-7H2,1-4H3,(H,29,30)/b21-14-,25-24?. The number of likely N-dealkylation sites (N-methyl/N-ethyl adjacent to an activating group) is 1. The molecule has 2 aromatic carbocycles. The van der Waals surface area contributed by atoms with Crippen LogP contribution in [0.25, 0.3) is 6.08 Å². The highest BCUT2D eigenvalue weighted by atomic mass is 32.2. The van der Waals surface area contributed by atoms with E-state index in [0.29, 0.717) is 28.1 Å². The Hall–Kier alpha value is -3.26. The molecule has 0 bridgehead atoms. The number of carboxylic acids is 1. The molecule has 0 radical (unpaired) electrons. The van der Waals surface area contributed by atoms with E-state index in [-0.39, 0.29) is 11.5 Å². The van der Waals surface area contributed by atoms with Crippen LogP contribution >= 0.6 is 11.8 Å². The Morgan fingerprint density at radius 3 is 2.41 bits per heavy atom. The van der Waals surface area contributed by atoms with Gasteiger partial charge < -0.3 is 14.7 Å². The van der Waals surface area contributed by atoms with Gasteiger partial charge in [0, 0.05) is 37.0 Å². The Balaban J connectivity index is 1.92. The molecule has 0 spiro atoms. The Morgan fingerprint density at radius 2 is 1.84 bits per heavy atom. The van der Waals surface area contributed by atoms with Crippen LogP contribution in [-0.4, -0.2) is 53.8 Å². The van der Waals surface area contributed by atoms with Crippen molar-refractivity contribution < 1.29 is 19.4 Å². The zero-order valence-electron chi connectivity index (χ0n) is 18.7. The number of aromatic carboxylic acids is 1. The molecule has 3 rings (SSSR count). The second-order valence-corrected chi connectivity index (χ2v) is 8.01. The minimum Gasteiger partial charge on any atom is -0.496 e. The van der Waals surface area contributed by atoms with Crippen LogP contribution in [0.15, 0.2) is 52.4 Å². The number of ether oxygens (including phenoxy) is 1. The first-order valence-corrected chi connectivity index (χ1v) is 11.3. The third kappa shape index (κ3) is 4.96. The van der Waals surface area contributed by atoms with Crippen molar-refractivity contribution in [2.45, 2.75) is 20.8 Å². The number of anilines is 1. The lowest BCUT2D eigenvalue weighted by atomic mass is 10.1. The van der Waals surface area contributed by atoms with E-state index in [0.717, 1.165) is 24.3 Å². The van der Waals surface area contributed by atoms with E-state index in [1.165, 1.54) is 23.9 Å². The van der Waals surface area contributed by atoms with Gasteiger partial charge >= 0.3 is 5.97 Å². The molecule has 1 amide bonds. The summed E-state index contributed by atoms with van der Waals surface area (Å²) >= 11 is 1.30. The van der Waals surface area contributed by atoms with Crippen LogP contribution in [0, 0.1) is 0 Å². The quantitative estimate of drug-likeness (QED) is 0.575. The van der Waals surface area contributed by atoms with Gasteiger partial charge in [-0.05, 0) is 75.0 Å². The van der Waals surface area contributed by atoms with Gasteiger partial charge in [-0.3, -0.25) is 9.69 Å². The van der Waals surface area contributed by atoms with Crippen molar-refractivity contribution in [1.29, 1.82) is 0 Å². The molecular formula is C24H27N3O4S. The van der Waals surface area contributed by atoms with E-state index in [1.807, 2.05) is 31.2 Å². The van der Waals surface area contributed by atoms with E-state index in [4.69, 9.17) is 9.84 Å². The van der Waals surface area contributed by atoms with Gasteiger partial charge in [0.25, 0.3) is 5.91 Å². The Kier molecular flexibility index (Phi) is 7.58. The molecular weight excluding hydrogens is 426 g/mol. The van der Waals surface area contributed by atoms with Crippen LogP contribution in [0.3, 0.4) is 0 Å². The minimum absolute atomic E-state index is 0.117. The number of carboxylic acid groups (broad SMARTS) is 1. The summed E-state index contributed by atoms with van der Waals surface area (Å²) in [4.78, 5) is 33.0. The van der Waals surface area contributed by atoms with Crippen molar-refractivity contribution in [1.82, 2.24) is 4.90 Å². The van der Waals surface area contributed by atoms with Crippen molar-refractivity contribution in [3.05, 3.63) is 58.5 Å². The number of benzene rings is 2. The van der Waals surface area contributed by atoms with Crippen molar-refractivity contribution in [3.8, 4) is 5.75 Å². The highest BCUT2D eigenvalue weighted by molar-refractivity contribution is 8.18. The molecule has 0 aliphatic carbocycles. The van der Waals surface area contributed by atoms with Crippen LogP contribution < -0.4 is 9.64 Å². The average Bonchev–Trinajstić information content (AvgIpc) is 3.09. The SMILES string of the molecule is CCN1C(=O)/C(=C/c2ccc(N(CC)CC)cc2OC)SC1=Nc1ccc(C(=O)O)cc1. The van der Waals surface area contributed by atoms with E-state index < -0.39 is 5.97 Å². The number of amidine groups is 1. The summed E-state index contributed by atoms with van der Waals surface area (Å²) in [6.45, 7) is 8.38. The van der Waals surface area contributed by atoms with E-state index >= 15 is 0 Å². The fraction of sp³-hybridized carbons (Fsp3) is 0.292. The first-order valence-electron chi connectivity index (χ1n) is 10.5. The minimum atomic E-state index is -0.990. The fourth-order valence-electron chi connectivity index (χ4n) is 3.40. The number of aliphatic imine (C=N–C) groups is 1. The summed E-state index contributed by atoms with van der Waals surface area (Å²) in [6.07, 6.45) is 1.83. The Labute approximate surface area is 192 Å². The lowest BCUT2D eigenvalue weighted by molar-refractivity contribution is -0.122. The molecule has 0 aromatic heterocycles. The summed E-state index contributed by atoms with van der Waals surface area (Å²) in [5.74, 6) is -0.405. The molecule has 1 aliphatic heterocycles. The largest absolute Gasteiger partial charge is 0.496 e. The molecule has 2 aromatic rings. The zero-order valence-corrected chi connectivity index (χ0v) is 19.5. The van der Waals surface area contributed by atoms with Gasteiger partial charge in [-0.15, -0.1) is 0 Å². The third-order valence-electron chi connectivity index (χ3n) is 5.18. The van der Waals surface area contributed by atoms with Crippen molar-refractivity contribution >= 4 is 46.3 Å². The number of rotatable bonds is 8. The van der Waals surface area contributed by atoms with Crippen LogP contribution in [-0.2, 0) is 4.79 Å². The van der Waals surface area contributed by atoms with Crippen molar-refractivity contribution in [3.63, 3.8) is 0 Å². The monoisotopic (exact) mass is 453 g/mol. The lowest BCUT2D eigenvalue weighted by Gasteiger charge is -2.22. The normalized spacial score (nSPS) is 16.1. The number of thioether (sulfide) groups is 1. The molecule has 168 valence electrons. The molecule has 0 saturated carbocycles. The first-order chi connectivity index (χ1) is 15.4. The van der Waals surface area contributed by atoms with Gasteiger partial charge in [-0.1, -0.05) is 0 Å². The Bertz CT molecular complexity index is 1060. The van der Waals surface area contributed by atoms with Gasteiger partial charge in [0.2, 0.25) is 0 Å². The molecule has 0 atom stereocenters. The van der Waals surface area contributed by atoms with Gasteiger partial charge in [0.05, 0.1) is 23.3 Å². The van der Waals surface area contributed by atoms with Crippen LogP contribution in [0.2, 0.25) is 0 Å². The highest BCUT2D eigenvalue weighted by Crippen LogP contribution is 2.36. The topological polar surface area (TPSA) is 82.4 Å². The molecule has 1 saturated heterocycles. The molecule has 1 fully saturated rings. The summed E-state index contributed by atoms with van der Waals surface area (Å²) in [7, 11) is 1.62. The maximum Gasteiger partial charge on any atom is 0.335 e. The number of nitrogens with zero attached hydrogens (tertiary/aromatic N) is 3. The van der Waals surface area contributed by atoms with Gasteiger partial charge in [-0.25, -0.2) is 9.79 Å². The number of carbonyl (C=O) groups excluding carboxylic acids is 1. The number of methoxy groups -OCH3 is 1. The first kappa shape index (κ1) is 23.4. The smallest absolute Gasteiger partial charge is 0.335 e. The zero-order chi connectivity index (χ0) is 23.3. The van der Waals surface area contributed by atoms with Crippen LogP contribution in [0.1, 0.15) is 36.7 Å². The van der Waals surface area contributed by atoms with Crippen molar-refractivity contribution in [2.24, 2.45) is 4.99 Å². The van der Waals surface area contributed by atoms with Gasteiger partial charge in [0.1, 0.15) is 5.75 Å². The highest BCUT2D eigenvalue weighted by Gasteiger charge is 2.32. The predicted octanol–water partition coefficient (Wildman–Crippen LogP) is 4.86. The maximum atomic E-state index is 13.0. The second kappa shape index (κ2) is 10.4. The number of amides is 1. The Morgan fingerprint density at radius 1 is 1.16 bits per heavy atom.